The fraction of sp³-hybridized carbons (Fsp3) is 0.250. The molecule has 2 aromatic heterocycles. The summed E-state index contributed by atoms with van der Waals surface area (Å²) < 4.78 is 10.9. The third-order valence-corrected chi connectivity index (χ3v) is 4.53. The smallest absolute Gasteiger partial charge is 0.255 e. The van der Waals surface area contributed by atoms with E-state index >= 15 is 0 Å². The molecule has 0 aliphatic carbocycles. The Bertz CT molecular complexity index is 927. The average Bonchev–Trinajstić information content (AvgIpc) is 2.73. The van der Waals surface area contributed by atoms with E-state index in [1.807, 2.05) is 30.5 Å². The number of benzene rings is 1. The number of fused-ring (bicyclic) bond motifs is 1. The number of methoxy groups -OCH3 is 1. The number of ether oxygens (including phenoxy) is 2. The molecular weight excluding hydrogens is 330 g/mol. The molecule has 1 atom stereocenters. The number of morpholine rings is 1. The van der Waals surface area contributed by atoms with Crippen molar-refractivity contribution in [2.75, 3.05) is 26.8 Å². The van der Waals surface area contributed by atoms with Crippen LogP contribution in [-0.2, 0) is 4.74 Å². The number of carbonyl (C=O) groups is 1. The van der Waals surface area contributed by atoms with E-state index in [4.69, 9.17) is 9.47 Å². The first-order valence-electron chi connectivity index (χ1n) is 8.50. The van der Waals surface area contributed by atoms with Crippen LogP contribution < -0.4 is 4.74 Å². The summed E-state index contributed by atoms with van der Waals surface area (Å²) in [7, 11) is 1.55. The minimum atomic E-state index is -0.233. The van der Waals surface area contributed by atoms with Crippen LogP contribution in [0.4, 0.5) is 0 Å². The molecule has 1 fully saturated rings. The normalized spacial score (nSPS) is 17.3. The predicted octanol–water partition coefficient (Wildman–Crippen LogP) is 2.85. The maximum atomic E-state index is 12.8. The molecule has 0 N–H and O–H groups in total. The minimum Gasteiger partial charge on any atom is -0.481 e. The molecule has 1 aromatic carbocycles. The lowest BCUT2D eigenvalue weighted by Gasteiger charge is -2.32. The number of hydrogen-bond acceptors (Lipinski definition) is 5. The Labute approximate surface area is 151 Å². The van der Waals surface area contributed by atoms with Crippen LogP contribution in [0.3, 0.4) is 0 Å². The molecule has 0 spiro atoms. The van der Waals surface area contributed by atoms with Gasteiger partial charge in [-0.3, -0.25) is 9.78 Å². The molecule has 26 heavy (non-hydrogen) atoms. The van der Waals surface area contributed by atoms with Crippen molar-refractivity contribution in [3.63, 3.8) is 0 Å². The second kappa shape index (κ2) is 7.09. The molecule has 6 nitrogen and oxygen atoms in total. The van der Waals surface area contributed by atoms with Gasteiger partial charge in [-0.25, -0.2) is 4.98 Å². The standard InChI is InChI=1S/C20H19N3O3/c1-25-19-7-6-16(12-22-19)20(24)23-8-9-26-18(13-23)17-10-14-4-2-3-5-15(14)11-21-17/h2-7,10-12,18H,8-9,13H2,1H3/t18-/m0/s1. The Morgan fingerprint density at radius 1 is 1.15 bits per heavy atom. The molecule has 3 aromatic rings. The molecule has 1 saturated heterocycles. The second-order valence-electron chi connectivity index (χ2n) is 6.16. The maximum Gasteiger partial charge on any atom is 0.255 e. The van der Waals surface area contributed by atoms with Crippen LogP contribution in [0.2, 0.25) is 0 Å². The van der Waals surface area contributed by atoms with Crippen LogP contribution in [0.5, 0.6) is 5.88 Å². The first-order chi connectivity index (χ1) is 12.7. The summed E-state index contributed by atoms with van der Waals surface area (Å²) >= 11 is 0. The van der Waals surface area contributed by atoms with Crippen LogP contribution in [0.1, 0.15) is 22.2 Å². The second-order valence-corrected chi connectivity index (χ2v) is 6.16. The molecule has 132 valence electrons. The van der Waals surface area contributed by atoms with Gasteiger partial charge < -0.3 is 14.4 Å². The molecule has 1 aliphatic heterocycles. The Morgan fingerprint density at radius 3 is 2.77 bits per heavy atom. The van der Waals surface area contributed by atoms with E-state index in [1.54, 1.807) is 30.3 Å². The quantitative estimate of drug-likeness (QED) is 0.727. The van der Waals surface area contributed by atoms with E-state index in [0.29, 0.717) is 31.1 Å². The lowest BCUT2D eigenvalue weighted by atomic mass is 10.1. The molecule has 0 radical (unpaired) electrons. The fourth-order valence-corrected chi connectivity index (χ4v) is 3.10. The SMILES string of the molecule is COc1ccc(C(=O)N2CCO[C@H](c3cc4ccccc4cn3)C2)cn1. The zero-order valence-electron chi connectivity index (χ0n) is 14.5. The highest BCUT2D eigenvalue weighted by Crippen LogP contribution is 2.24. The van der Waals surface area contributed by atoms with Gasteiger partial charge >= 0.3 is 0 Å². The number of amides is 1. The summed E-state index contributed by atoms with van der Waals surface area (Å²) in [6.07, 6.45) is 3.16. The van der Waals surface area contributed by atoms with Crippen molar-refractivity contribution in [1.29, 1.82) is 0 Å². The first kappa shape index (κ1) is 16.5. The Kier molecular flexibility index (Phi) is 4.50. The van der Waals surface area contributed by atoms with E-state index in [9.17, 15) is 4.79 Å². The highest BCUT2D eigenvalue weighted by atomic mass is 16.5. The van der Waals surface area contributed by atoms with Gasteiger partial charge in [-0.2, -0.15) is 0 Å². The van der Waals surface area contributed by atoms with E-state index in [0.717, 1.165) is 16.5 Å². The largest absolute Gasteiger partial charge is 0.481 e. The Morgan fingerprint density at radius 2 is 2.00 bits per heavy atom. The molecule has 3 heterocycles. The van der Waals surface area contributed by atoms with E-state index in [1.165, 1.54) is 0 Å². The Balaban J connectivity index is 1.53. The van der Waals surface area contributed by atoms with E-state index in [2.05, 4.69) is 16.0 Å². The molecule has 4 rings (SSSR count). The van der Waals surface area contributed by atoms with Gasteiger partial charge in [0.25, 0.3) is 5.91 Å². The third-order valence-electron chi connectivity index (χ3n) is 4.53. The highest BCUT2D eigenvalue weighted by molar-refractivity contribution is 5.94. The average molecular weight is 349 g/mol. The van der Waals surface area contributed by atoms with Gasteiger partial charge in [-0.1, -0.05) is 24.3 Å². The van der Waals surface area contributed by atoms with Gasteiger partial charge in [0.15, 0.2) is 0 Å². The number of carbonyl (C=O) groups excluding carboxylic acids is 1. The molecule has 1 amide bonds. The van der Waals surface area contributed by atoms with Crippen molar-refractivity contribution >= 4 is 16.7 Å². The summed E-state index contributed by atoms with van der Waals surface area (Å²) in [5, 5.41) is 2.20. The summed E-state index contributed by atoms with van der Waals surface area (Å²) in [6, 6.07) is 13.5. The first-order valence-corrected chi connectivity index (χ1v) is 8.50. The number of nitrogens with zero attached hydrogens (tertiary/aromatic N) is 3. The molecule has 0 saturated carbocycles. The lowest BCUT2D eigenvalue weighted by Crippen LogP contribution is -2.42. The minimum absolute atomic E-state index is 0.0609. The molecule has 0 unspecified atom stereocenters. The summed E-state index contributed by atoms with van der Waals surface area (Å²) in [5.74, 6) is 0.427. The van der Waals surface area contributed by atoms with Crippen LogP contribution in [-0.4, -0.2) is 47.6 Å². The summed E-state index contributed by atoms with van der Waals surface area (Å²) in [5.41, 5.74) is 1.38. The van der Waals surface area contributed by atoms with Crippen molar-refractivity contribution < 1.29 is 14.3 Å². The monoisotopic (exact) mass is 349 g/mol. The molecule has 0 bridgehead atoms. The van der Waals surface area contributed by atoms with Crippen LogP contribution >= 0.6 is 0 Å². The lowest BCUT2D eigenvalue weighted by molar-refractivity contribution is -0.0246. The van der Waals surface area contributed by atoms with Crippen molar-refractivity contribution in [2.45, 2.75) is 6.10 Å². The van der Waals surface area contributed by atoms with Crippen LogP contribution in [0.15, 0.2) is 54.9 Å². The molecule has 6 heteroatoms. The zero-order chi connectivity index (χ0) is 17.9. The van der Waals surface area contributed by atoms with Gasteiger partial charge in [0.1, 0.15) is 6.10 Å². The number of rotatable bonds is 3. The van der Waals surface area contributed by atoms with Gasteiger partial charge in [0.05, 0.1) is 31.5 Å². The summed E-state index contributed by atoms with van der Waals surface area (Å²) in [4.78, 5) is 23.2. The van der Waals surface area contributed by atoms with Crippen molar-refractivity contribution in [3.8, 4) is 5.88 Å². The Hall–Kier alpha value is -2.99. The van der Waals surface area contributed by atoms with Crippen molar-refractivity contribution in [2.24, 2.45) is 0 Å². The molecule has 1 aliphatic rings. The molecular formula is C20H19N3O3. The van der Waals surface area contributed by atoms with Gasteiger partial charge in [-0.15, -0.1) is 0 Å². The zero-order valence-corrected chi connectivity index (χ0v) is 14.5. The number of hydrogen-bond donors (Lipinski definition) is 0. The topological polar surface area (TPSA) is 64.5 Å². The predicted molar refractivity (Wildman–Crippen MR) is 97.1 cm³/mol. The number of aromatic nitrogens is 2. The van der Waals surface area contributed by atoms with Crippen molar-refractivity contribution in [3.05, 3.63) is 66.1 Å². The maximum absolute atomic E-state index is 12.8. The van der Waals surface area contributed by atoms with Crippen LogP contribution in [0, 0.1) is 0 Å². The highest BCUT2D eigenvalue weighted by Gasteiger charge is 2.27. The van der Waals surface area contributed by atoms with Crippen LogP contribution in [0.25, 0.3) is 10.8 Å². The third kappa shape index (κ3) is 3.23. The number of pyridine rings is 2. The van der Waals surface area contributed by atoms with Gasteiger partial charge in [0, 0.05) is 30.4 Å². The summed E-state index contributed by atoms with van der Waals surface area (Å²) in [6.45, 7) is 1.50. The van der Waals surface area contributed by atoms with Gasteiger partial charge in [0.2, 0.25) is 5.88 Å². The van der Waals surface area contributed by atoms with Gasteiger partial charge in [-0.05, 0) is 17.5 Å². The van der Waals surface area contributed by atoms with E-state index < -0.39 is 0 Å². The van der Waals surface area contributed by atoms with E-state index in [-0.39, 0.29) is 12.0 Å². The van der Waals surface area contributed by atoms with Crippen molar-refractivity contribution in [1.82, 2.24) is 14.9 Å². The fourth-order valence-electron chi connectivity index (χ4n) is 3.10.